The average Bonchev–Trinajstić information content (AvgIpc) is 3.09. The summed E-state index contributed by atoms with van der Waals surface area (Å²) < 4.78 is 5.78. The van der Waals surface area contributed by atoms with Gasteiger partial charge in [0.2, 0.25) is 0 Å². The average molecular weight is 331 g/mol. The van der Waals surface area contributed by atoms with Gasteiger partial charge in [-0.25, -0.2) is 0 Å². The predicted molar refractivity (Wildman–Crippen MR) is 93.8 cm³/mol. The summed E-state index contributed by atoms with van der Waals surface area (Å²) in [5.41, 5.74) is 2.53. The molecule has 0 fully saturated rings. The third kappa shape index (κ3) is 3.38. The van der Waals surface area contributed by atoms with Crippen molar-refractivity contribution in [3.63, 3.8) is 0 Å². The molecule has 0 radical (unpaired) electrons. The van der Waals surface area contributed by atoms with E-state index in [1.54, 1.807) is 48.5 Å². The Balaban J connectivity index is 1.94. The van der Waals surface area contributed by atoms with Gasteiger partial charge in [0.05, 0.1) is 23.3 Å². The van der Waals surface area contributed by atoms with Crippen molar-refractivity contribution in [1.82, 2.24) is 0 Å². The zero-order chi connectivity index (χ0) is 16.9. The van der Waals surface area contributed by atoms with Gasteiger partial charge < -0.3 is 4.42 Å². The summed E-state index contributed by atoms with van der Waals surface area (Å²) in [5, 5.41) is 19.0. The van der Waals surface area contributed by atoms with Gasteiger partial charge in [0.15, 0.2) is 0 Å². The van der Waals surface area contributed by atoms with E-state index < -0.39 is 0 Å². The molecule has 2 aromatic carbocycles. The number of furan rings is 1. The van der Waals surface area contributed by atoms with Crippen LogP contribution in [0.25, 0.3) is 23.0 Å². The van der Waals surface area contributed by atoms with E-state index in [4.69, 9.17) is 21.3 Å². The molecule has 1 heterocycles. The first-order valence-electron chi connectivity index (χ1n) is 7.18. The van der Waals surface area contributed by atoms with Crippen LogP contribution in [0, 0.1) is 22.7 Å². The van der Waals surface area contributed by atoms with Crippen LogP contribution in [0.1, 0.15) is 16.9 Å². The molecule has 3 aromatic rings. The number of halogens is 1. The number of allylic oxidation sites excluding steroid dienone is 1. The summed E-state index contributed by atoms with van der Waals surface area (Å²) in [6.07, 6.45) is 1.66. The van der Waals surface area contributed by atoms with Gasteiger partial charge in [0, 0.05) is 10.6 Å². The second kappa shape index (κ2) is 6.87. The standard InChI is InChI=1S/C20H11ClN2O/c21-18-6-4-15(5-7-18)20-9-8-19(24-20)11-17(13-23)16-3-1-2-14(10-16)12-22/h1-11H/b17-11-. The molecule has 0 bridgehead atoms. The molecule has 1 aromatic heterocycles. The second-order valence-corrected chi connectivity index (χ2v) is 5.51. The topological polar surface area (TPSA) is 60.7 Å². The van der Waals surface area contributed by atoms with Gasteiger partial charge in [-0.2, -0.15) is 10.5 Å². The first-order chi connectivity index (χ1) is 11.7. The van der Waals surface area contributed by atoms with Gasteiger partial charge in [-0.3, -0.25) is 0 Å². The molecular formula is C20H11ClN2O. The van der Waals surface area contributed by atoms with Gasteiger partial charge >= 0.3 is 0 Å². The van der Waals surface area contributed by atoms with E-state index in [0.29, 0.717) is 33.2 Å². The summed E-state index contributed by atoms with van der Waals surface area (Å²) in [6.45, 7) is 0. The van der Waals surface area contributed by atoms with Crippen molar-refractivity contribution >= 4 is 23.3 Å². The maximum atomic E-state index is 9.40. The van der Waals surface area contributed by atoms with E-state index in [0.717, 1.165) is 5.56 Å². The zero-order valence-electron chi connectivity index (χ0n) is 12.5. The SMILES string of the molecule is N#C/C(=C/c1ccc(-c2ccc(Cl)cc2)o1)c1cccc(C#N)c1. The Bertz CT molecular complexity index is 985. The minimum Gasteiger partial charge on any atom is -0.457 e. The monoisotopic (exact) mass is 330 g/mol. The highest BCUT2D eigenvalue weighted by atomic mass is 35.5. The Kier molecular flexibility index (Phi) is 4.47. The number of rotatable bonds is 3. The lowest BCUT2D eigenvalue weighted by molar-refractivity contribution is 0.572. The molecule has 24 heavy (non-hydrogen) atoms. The molecule has 0 aliphatic carbocycles. The maximum Gasteiger partial charge on any atom is 0.134 e. The molecule has 0 saturated carbocycles. The highest BCUT2D eigenvalue weighted by molar-refractivity contribution is 6.30. The summed E-state index contributed by atoms with van der Waals surface area (Å²) in [5.74, 6) is 1.26. The number of nitriles is 2. The van der Waals surface area contributed by atoms with Crippen molar-refractivity contribution in [3.8, 4) is 23.5 Å². The minimum absolute atomic E-state index is 0.434. The lowest BCUT2D eigenvalue weighted by Crippen LogP contribution is -1.83. The third-order valence-corrected chi connectivity index (χ3v) is 3.72. The lowest BCUT2D eigenvalue weighted by Gasteiger charge is -1.99. The molecule has 3 rings (SSSR count). The molecule has 0 N–H and O–H groups in total. The zero-order valence-corrected chi connectivity index (χ0v) is 13.3. The Morgan fingerprint density at radius 3 is 2.50 bits per heavy atom. The van der Waals surface area contributed by atoms with Crippen LogP contribution in [0.3, 0.4) is 0 Å². The van der Waals surface area contributed by atoms with Crippen LogP contribution < -0.4 is 0 Å². The molecule has 114 valence electrons. The summed E-state index contributed by atoms with van der Waals surface area (Å²) in [4.78, 5) is 0. The van der Waals surface area contributed by atoms with Crippen LogP contribution in [-0.4, -0.2) is 0 Å². The van der Waals surface area contributed by atoms with Gasteiger partial charge in [-0.1, -0.05) is 23.7 Å². The van der Waals surface area contributed by atoms with E-state index in [9.17, 15) is 5.26 Å². The highest BCUT2D eigenvalue weighted by Gasteiger charge is 2.07. The van der Waals surface area contributed by atoms with Crippen molar-refractivity contribution in [2.75, 3.05) is 0 Å². The molecular weight excluding hydrogens is 320 g/mol. The van der Waals surface area contributed by atoms with Crippen LogP contribution in [0.4, 0.5) is 0 Å². The molecule has 0 unspecified atom stereocenters. The fraction of sp³-hybridized carbons (Fsp3) is 0. The molecule has 0 saturated heterocycles. The van der Waals surface area contributed by atoms with Gasteiger partial charge in [-0.15, -0.1) is 0 Å². The fourth-order valence-electron chi connectivity index (χ4n) is 2.28. The van der Waals surface area contributed by atoms with Crippen LogP contribution in [0.15, 0.2) is 65.1 Å². The van der Waals surface area contributed by atoms with Crippen molar-refractivity contribution in [3.05, 3.63) is 82.6 Å². The van der Waals surface area contributed by atoms with E-state index in [1.807, 2.05) is 18.2 Å². The summed E-state index contributed by atoms with van der Waals surface area (Å²) in [7, 11) is 0. The molecule has 3 nitrogen and oxygen atoms in total. The maximum absolute atomic E-state index is 9.40. The molecule has 0 spiro atoms. The first kappa shape index (κ1) is 15.6. The van der Waals surface area contributed by atoms with E-state index in [-0.39, 0.29) is 0 Å². The molecule has 0 aliphatic heterocycles. The van der Waals surface area contributed by atoms with Gasteiger partial charge in [0.1, 0.15) is 11.5 Å². The molecule has 0 atom stereocenters. The first-order valence-corrected chi connectivity index (χ1v) is 7.55. The lowest BCUT2D eigenvalue weighted by atomic mass is 10.0. The Morgan fingerprint density at radius 1 is 1.00 bits per heavy atom. The van der Waals surface area contributed by atoms with E-state index in [2.05, 4.69) is 12.1 Å². The quantitative estimate of drug-likeness (QED) is 0.593. The summed E-state index contributed by atoms with van der Waals surface area (Å²) >= 11 is 5.89. The number of benzene rings is 2. The van der Waals surface area contributed by atoms with E-state index >= 15 is 0 Å². The molecule has 0 aliphatic rings. The van der Waals surface area contributed by atoms with Crippen molar-refractivity contribution < 1.29 is 4.42 Å². The Labute approximate surface area is 144 Å². The van der Waals surface area contributed by atoms with Crippen molar-refractivity contribution in [1.29, 1.82) is 10.5 Å². The van der Waals surface area contributed by atoms with Crippen LogP contribution >= 0.6 is 11.6 Å². The molecule has 0 amide bonds. The van der Waals surface area contributed by atoms with Crippen LogP contribution in [0.5, 0.6) is 0 Å². The Hall–Kier alpha value is -3.27. The summed E-state index contributed by atoms with van der Waals surface area (Å²) in [6, 6.07) is 22.1. The Morgan fingerprint density at radius 2 is 1.79 bits per heavy atom. The van der Waals surface area contributed by atoms with Gasteiger partial charge in [-0.05, 0) is 60.2 Å². The predicted octanol–water partition coefficient (Wildman–Crippen LogP) is 5.54. The third-order valence-electron chi connectivity index (χ3n) is 3.47. The smallest absolute Gasteiger partial charge is 0.134 e. The number of hydrogen-bond acceptors (Lipinski definition) is 3. The fourth-order valence-corrected chi connectivity index (χ4v) is 2.40. The molecule has 4 heteroatoms. The van der Waals surface area contributed by atoms with Crippen molar-refractivity contribution in [2.24, 2.45) is 0 Å². The second-order valence-electron chi connectivity index (χ2n) is 5.07. The highest BCUT2D eigenvalue weighted by Crippen LogP contribution is 2.26. The van der Waals surface area contributed by atoms with E-state index in [1.165, 1.54) is 0 Å². The number of hydrogen-bond donors (Lipinski definition) is 0. The van der Waals surface area contributed by atoms with Crippen LogP contribution in [-0.2, 0) is 0 Å². The van der Waals surface area contributed by atoms with Crippen LogP contribution in [0.2, 0.25) is 5.02 Å². The minimum atomic E-state index is 0.434. The normalized spacial score (nSPS) is 10.9. The van der Waals surface area contributed by atoms with Crippen molar-refractivity contribution in [2.45, 2.75) is 0 Å². The number of nitrogens with zero attached hydrogens (tertiary/aromatic N) is 2. The van der Waals surface area contributed by atoms with Gasteiger partial charge in [0.25, 0.3) is 0 Å². The largest absolute Gasteiger partial charge is 0.457 e.